The molecule has 0 aliphatic carbocycles. The maximum Gasteiger partial charge on any atom is 0.347 e. The highest BCUT2D eigenvalue weighted by molar-refractivity contribution is 6.04. The molecule has 88 valence electrons. The molecule has 4 rings (SSSR count). The van der Waals surface area contributed by atoms with E-state index in [0.29, 0.717) is 23.2 Å². The average Bonchev–Trinajstić information content (AvgIpc) is 2.89. The standard InChI is InChI=1S/C14H8O4/c15-14-10-5-7-17-12(10)9-3-4-11-8(13(9)18-14)2-1-6-16-11/h1-5,7H,6H2. The molecule has 3 aromatic rings. The van der Waals surface area contributed by atoms with Gasteiger partial charge in [0.2, 0.25) is 0 Å². The SMILES string of the molecule is O=c1oc2c3c(ccc2c2occc12)OCC=C3. The third-order valence-electron chi connectivity index (χ3n) is 3.10. The van der Waals surface area contributed by atoms with Crippen LogP contribution in [0.15, 0.2) is 44.2 Å². The van der Waals surface area contributed by atoms with Gasteiger partial charge in [-0.3, -0.25) is 0 Å². The van der Waals surface area contributed by atoms with Crippen LogP contribution in [0.3, 0.4) is 0 Å². The van der Waals surface area contributed by atoms with Crippen molar-refractivity contribution in [1.29, 1.82) is 0 Å². The van der Waals surface area contributed by atoms with E-state index in [-0.39, 0.29) is 0 Å². The molecule has 0 unspecified atom stereocenters. The smallest absolute Gasteiger partial charge is 0.347 e. The van der Waals surface area contributed by atoms with E-state index in [0.717, 1.165) is 16.7 Å². The van der Waals surface area contributed by atoms with Crippen molar-refractivity contribution < 1.29 is 13.6 Å². The zero-order valence-electron chi connectivity index (χ0n) is 9.30. The quantitative estimate of drug-likeness (QED) is 0.567. The summed E-state index contributed by atoms with van der Waals surface area (Å²) >= 11 is 0. The van der Waals surface area contributed by atoms with Crippen LogP contribution in [-0.2, 0) is 0 Å². The lowest BCUT2D eigenvalue weighted by Crippen LogP contribution is -2.03. The van der Waals surface area contributed by atoms with Crippen molar-refractivity contribution in [2.75, 3.05) is 6.61 Å². The Morgan fingerprint density at radius 1 is 1.06 bits per heavy atom. The summed E-state index contributed by atoms with van der Waals surface area (Å²) < 4.78 is 16.2. The molecule has 0 N–H and O–H groups in total. The molecule has 0 radical (unpaired) electrons. The van der Waals surface area contributed by atoms with Crippen molar-refractivity contribution >= 4 is 28.0 Å². The lowest BCUT2D eigenvalue weighted by atomic mass is 10.1. The molecule has 0 spiro atoms. The van der Waals surface area contributed by atoms with Gasteiger partial charge in [0.25, 0.3) is 0 Å². The molecule has 0 saturated carbocycles. The summed E-state index contributed by atoms with van der Waals surface area (Å²) in [5, 5.41) is 1.24. The van der Waals surface area contributed by atoms with Gasteiger partial charge in [0, 0.05) is 0 Å². The van der Waals surface area contributed by atoms with Crippen LogP contribution in [0.2, 0.25) is 0 Å². The Kier molecular flexibility index (Phi) is 1.73. The second-order valence-corrected chi connectivity index (χ2v) is 4.12. The van der Waals surface area contributed by atoms with Crippen molar-refractivity contribution in [1.82, 2.24) is 0 Å². The summed E-state index contributed by atoms with van der Waals surface area (Å²) in [4.78, 5) is 11.8. The van der Waals surface area contributed by atoms with Crippen LogP contribution >= 0.6 is 0 Å². The van der Waals surface area contributed by atoms with Gasteiger partial charge in [0.05, 0.1) is 17.2 Å². The second kappa shape index (κ2) is 3.26. The van der Waals surface area contributed by atoms with Crippen LogP contribution in [0.25, 0.3) is 28.0 Å². The summed E-state index contributed by atoms with van der Waals surface area (Å²) in [6.07, 6.45) is 5.28. The Bertz CT molecular complexity index is 851. The van der Waals surface area contributed by atoms with E-state index in [1.807, 2.05) is 24.3 Å². The Hall–Kier alpha value is -2.49. The fourth-order valence-electron chi connectivity index (χ4n) is 2.28. The molecular weight excluding hydrogens is 232 g/mol. The third-order valence-corrected chi connectivity index (χ3v) is 3.10. The van der Waals surface area contributed by atoms with Gasteiger partial charge in [-0.05, 0) is 30.4 Å². The molecule has 2 aromatic heterocycles. The molecule has 0 bridgehead atoms. The molecule has 0 fully saturated rings. The minimum Gasteiger partial charge on any atom is -0.489 e. The van der Waals surface area contributed by atoms with E-state index in [1.165, 1.54) is 6.26 Å². The maximum absolute atomic E-state index is 11.8. The normalized spacial score (nSPS) is 13.8. The summed E-state index contributed by atoms with van der Waals surface area (Å²) in [7, 11) is 0. The minimum absolute atomic E-state index is 0.390. The third kappa shape index (κ3) is 1.12. The molecule has 1 aliphatic heterocycles. The van der Waals surface area contributed by atoms with Crippen molar-refractivity contribution in [3.63, 3.8) is 0 Å². The molecule has 3 heterocycles. The van der Waals surface area contributed by atoms with E-state index in [2.05, 4.69) is 0 Å². The summed E-state index contributed by atoms with van der Waals surface area (Å²) in [6, 6.07) is 5.33. The monoisotopic (exact) mass is 240 g/mol. The predicted molar refractivity (Wildman–Crippen MR) is 66.8 cm³/mol. The topological polar surface area (TPSA) is 52.6 Å². The van der Waals surface area contributed by atoms with Crippen LogP contribution in [0, 0.1) is 0 Å². The number of hydrogen-bond acceptors (Lipinski definition) is 4. The Morgan fingerprint density at radius 2 is 2.00 bits per heavy atom. The first-order valence-corrected chi connectivity index (χ1v) is 5.61. The molecular formula is C14H8O4. The van der Waals surface area contributed by atoms with Gasteiger partial charge in [0.1, 0.15) is 17.7 Å². The number of ether oxygens (including phenoxy) is 1. The van der Waals surface area contributed by atoms with Gasteiger partial charge in [0.15, 0.2) is 11.2 Å². The van der Waals surface area contributed by atoms with Gasteiger partial charge >= 0.3 is 5.63 Å². The minimum atomic E-state index is -0.390. The first-order chi connectivity index (χ1) is 8.84. The Morgan fingerprint density at radius 3 is 2.94 bits per heavy atom. The lowest BCUT2D eigenvalue weighted by molar-refractivity contribution is 0.358. The van der Waals surface area contributed by atoms with E-state index >= 15 is 0 Å². The van der Waals surface area contributed by atoms with Crippen LogP contribution < -0.4 is 10.4 Å². The van der Waals surface area contributed by atoms with Crippen molar-refractivity contribution in [3.8, 4) is 5.75 Å². The summed E-state index contributed by atoms with van der Waals surface area (Å²) in [5.74, 6) is 0.721. The largest absolute Gasteiger partial charge is 0.489 e. The number of rotatable bonds is 0. The van der Waals surface area contributed by atoms with Gasteiger partial charge in [-0.15, -0.1) is 0 Å². The van der Waals surface area contributed by atoms with E-state index < -0.39 is 5.63 Å². The Balaban J connectivity index is 2.28. The number of benzene rings is 1. The van der Waals surface area contributed by atoms with Crippen molar-refractivity contribution in [2.24, 2.45) is 0 Å². The highest BCUT2D eigenvalue weighted by atomic mass is 16.5. The first-order valence-electron chi connectivity index (χ1n) is 5.61. The van der Waals surface area contributed by atoms with Gasteiger partial charge in [-0.2, -0.15) is 0 Å². The molecule has 0 atom stereocenters. The van der Waals surface area contributed by atoms with Crippen LogP contribution in [0.1, 0.15) is 5.56 Å². The van der Waals surface area contributed by atoms with Crippen LogP contribution in [0.5, 0.6) is 5.75 Å². The van der Waals surface area contributed by atoms with Crippen LogP contribution in [-0.4, -0.2) is 6.61 Å². The molecule has 0 saturated heterocycles. The van der Waals surface area contributed by atoms with Crippen molar-refractivity contribution in [3.05, 3.63) is 46.5 Å². The zero-order valence-corrected chi connectivity index (χ0v) is 9.30. The molecule has 0 amide bonds. The summed E-state index contributed by atoms with van der Waals surface area (Å²) in [6.45, 7) is 0.533. The first kappa shape index (κ1) is 9.53. The lowest BCUT2D eigenvalue weighted by Gasteiger charge is -2.13. The second-order valence-electron chi connectivity index (χ2n) is 4.12. The maximum atomic E-state index is 11.8. The van der Waals surface area contributed by atoms with Crippen LogP contribution in [0.4, 0.5) is 0 Å². The highest BCUT2D eigenvalue weighted by Crippen LogP contribution is 2.34. The molecule has 1 aromatic carbocycles. The number of fused-ring (bicyclic) bond motifs is 5. The van der Waals surface area contributed by atoms with Crippen molar-refractivity contribution in [2.45, 2.75) is 0 Å². The zero-order chi connectivity index (χ0) is 12.1. The van der Waals surface area contributed by atoms with Gasteiger partial charge in [-0.25, -0.2) is 4.79 Å². The number of hydrogen-bond donors (Lipinski definition) is 0. The molecule has 1 aliphatic rings. The van der Waals surface area contributed by atoms with E-state index in [4.69, 9.17) is 13.6 Å². The highest BCUT2D eigenvalue weighted by Gasteiger charge is 2.16. The fourth-order valence-corrected chi connectivity index (χ4v) is 2.28. The molecule has 18 heavy (non-hydrogen) atoms. The summed E-state index contributed by atoms with van der Waals surface area (Å²) in [5.41, 5.74) is 1.46. The predicted octanol–water partition coefficient (Wildman–Crippen LogP) is 2.94. The van der Waals surface area contributed by atoms with E-state index in [1.54, 1.807) is 6.07 Å². The molecule has 4 heteroatoms. The number of furan rings is 1. The molecule has 4 nitrogen and oxygen atoms in total. The van der Waals surface area contributed by atoms with Gasteiger partial charge < -0.3 is 13.6 Å². The average molecular weight is 240 g/mol. The fraction of sp³-hybridized carbons (Fsp3) is 0.0714. The Labute approximate surface area is 101 Å². The van der Waals surface area contributed by atoms with E-state index in [9.17, 15) is 4.79 Å². The van der Waals surface area contributed by atoms with Gasteiger partial charge in [-0.1, -0.05) is 0 Å².